The zero-order valence-electron chi connectivity index (χ0n) is 14.8. The number of nitrogens with one attached hydrogen (secondary N) is 2. The molecule has 0 heterocycles. The maximum absolute atomic E-state index is 12.1. The Morgan fingerprint density at radius 3 is 2.42 bits per heavy atom. The van der Waals surface area contributed by atoms with Crippen LogP contribution in [0, 0.1) is 19.8 Å². The molecule has 0 unspecified atom stereocenters. The number of anilines is 2. The van der Waals surface area contributed by atoms with Crippen LogP contribution in [0.25, 0.3) is 0 Å². The quantitative estimate of drug-likeness (QED) is 0.793. The Balaban J connectivity index is 1.52. The molecule has 136 valence electrons. The van der Waals surface area contributed by atoms with E-state index in [0.29, 0.717) is 16.5 Å². The standard InChI is InChI=1S/C20H21ClN2O3/c1-12-9-13(2)19(17(21)10-12)23-18(24)11-26-16-7-5-15(6-8-16)22-20(25)14-3-4-14/h5-10,14H,3-4,11H2,1-2H3,(H,22,25)(H,23,24). The van der Waals surface area contributed by atoms with Crippen LogP contribution >= 0.6 is 11.6 Å². The van der Waals surface area contributed by atoms with E-state index in [0.717, 1.165) is 29.7 Å². The number of halogens is 1. The molecule has 0 spiro atoms. The largest absolute Gasteiger partial charge is 0.484 e. The Morgan fingerprint density at radius 2 is 1.81 bits per heavy atom. The van der Waals surface area contributed by atoms with Gasteiger partial charge in [0.2, 0.25) is 5.91 Å². The van der Waals surface area contributed by atoms with Crippen LogP contribution in [0.5, 0.6) is 5.75 Å². The van der Waals surface area contributed by atoms with Gasteiger partial charge in [-0.15, -0.1) is 0 Å². The van der Waals surface area contributed by atoms with Crippen LogP contribution in [0.2, 0.25) is 5.02 Å². The molecule has 0 bridgehead atoms. The lowest BCUT2D eigenvalue weighted by Gasteiger charge is -2.12. The topological polar surface area (TPSA) is 67.4 Å². The molecule has 5 nitrogen and oxygen atoms in total. The Kier molecular flexibility index (Phi) is 5.47. The number of aryl methyl sites for hydroxylation is 2. The highest BCUT2D eigenvalue weighted by Crippen LogP contribution is 2.30. The van der Waals surface area contributed by atoms with Gasteiger partial charge in [0.05, 0.1) is 10.7 Å². The van der Waals surface area contributed by atoms with Crippen molar-refractivity contribution in [3.8, 4) is 5.75 Å². The molecule has 2 aromatic carbocycles. The van der Waals surface area contributed by atoms with E-state index in [-0.39, 0.29) is 24.3 Å². The van der Waals surface area contributed by atoms with Crippen molar-refractivity contribution in [2.75, 3.05) is 17.2 Å². The van der Waals surface area contributed by atoms with Crippen molar-refractivity contribution < 1.29 is 14.3 Å². The first kappa shape index (κ1) is 18.3. The molecule has 0 saturated heterocycles. The van der Waals surface area contributed by atoms with Crippen molar-refractivity contribution in [3.05, 3.63) is 52.5 Å². The number of amides is 2. The highest BCUT2D eigenvalue weighted by Gasteiger charge is 2.29. The molecule has 2 aromatic rings. The van der Waals surface area contributed by atoms with Crippen molar-refractivity contribution in [2.24, 2.45) is 5.92 Å². The van der Waals surface area contributed by atoms with E-state index >= 15 is 0 Å². The van der Waals surface area contributed by atoms with Crippen LogP contribution < -0.4 is 15.4 Å². The molecule has 0 radical (unpaired) electrons. The van der Waals surface area contributed by atoms with E-state index in [4.69, 9.17) is 16.3 Å². The fraction of sp³-hybridized carbons (Fsp3) is 0.300. The SMILES string of the molecule is Cc1cc(C)c(NC(=O)COc2ccc(NC(=O)C3CC3)cc2)c(Cl)c1. The van der Waals surface area contributed by atoms with Crippen molar-refractivity contribution in [3.63, 3.8) is 0 Å². The highest BCUT2D eigenvalue weighted by molar-refractivity contribution is 6.34. The Morgan fingerprint density at radius 1 is 1.12 bits per heavy atom. The van der Waals surface area contributed by atoms with E-state index in [9.17, 15) is 9.59 Å². The van der Waals surface area contributed by atoms with Gasteiger partial charge in [-0.2, -0.15) is 0 Å². The fourth-order valence-electron chi connectivity index (χ4n) is 2.62. The predicted octanol–water partition coefficient (Wildman–Crippen LogP) is 4.32. The van der Waals surface area contributed by atoms with Gasteiger partial charge in [0.1, 0.15) is 5.75 Å². The van der Waals surface area contributed by atoms with Crippen molar-refractivity contribution in [2.45, 2.75) is 26.7 Å². The van der Waals surface area contributed by atoms with E-state index in [1.165, 1.54) is 0 Å². The summed E-state index contributed by atoms with van der Waals surface area (Å²) in [7, 11) is 0. The van der Waals surface area contributed by atoms with Crippen LogP contribution in [-0.2, 0) is 9.59 Å². The lowest BCUT2D eigenvalue weighted by atomic mass is 10.1. The van der Waals surface area contributed by atoms with Gasteiger partial charge in [-0.1, -0.05) is 17.7 Å². The number of carbonyl (C=O) groups is 2. The number of hydrogen-bond donors (Lipinski definition) is 2. The minimum atomic E-state index is -0.287. The number of rotatable bonds is 6. The maximum atomic E-state index is 12.1. The summed E-state index contributed by atoms with van der Waals surface area (Å²) >= 11 is 6.19. The van der Waals surface area contributed by atoms with Crippen LogP contribution in [0.15, 0.2) is 36.4 Å². The summed E-state index contributed by atoms with van der Waals surface area (Å²) in [6.45, 7) is 3.71. The molecule has 2 amide bonds. The Labute approximate surface area is 157 Å². The molecule has 3 rings (SSSR count). The molecule has 0 aromatic heterocycles. The number of benzene rings is 2. The van der Waals surface area contributed by atoms with E-state index < -0.39 is 0 Å². The second-order valence-electron chi connectivity index (χ2n) is 6.56. The zero-order chi connectivity index (χ0) is 18.7. The molecule has 1 aliphatic rings. The summed E-state index contributed by atoms with van der Waals surface area (Å²) in [6.07, 6.45) is 1.93. The Bertz CT molecular complexity index is 806. The lowest BCUT2D eigenvalue weighted by Crippen LogP contribution is -2.21. The highest BCUT2D eigenvalue weighted by atomic mass is 35.5. The first-order chi connectivity index (χ1) is 12.4. The van der Waals surface area contributed by atoms with Gasteiger partial charge in [0, 0.05) is 11.6 Å². The third-order valence-corrected chi connectivity index (χ3v) is 4.43. The zero-order valence-corrected chi connectivity index (χ0v) is 15.5. The predicted molar refractivity (Wildman–Crippen MR) is 103 cm³/mol. The Hall–Kier alpha value is -2.53. The monoisotopic (exact) mass is 372 g/mol. The first-order valence-electron chi connectivity index (χ1n) is 8.52. The summed E-state index contributed by atoms with van der Waals surface area (Å²) < 4.78 is 5.50. The van der Waals surface area contributed by atoms with Crippen molar-refractivity contribution >= 4 is 34.8 Å². The van der Waals surface area contributed by atoms with Gasteiger partial charge in [-0.3, -0.25) is 9.59 Å². The van der Waals surface area contributed by atoms with Crippen molar-refractivity contribution in [1.29, 1.82) is 0 Å². The molecular weight excluding hydrogens is 352 g/mol. The average Bonchev–Trinajstić information content (AvgIpc) is 3.42. The van der Waals surface area contributed by atoms with Crippen LogP contribution in [0.3, 0.4) is 0 Å². The molecule has 1 aliphatic carbocycles. The van der Waals surface area contributed by atoms with Crippen LogP contribution in [0.1, 0.15) is 24.0 Å². The second kappa shape index (κ2) is 7.79. The van der Waals surface area contributed by atoms with E-state index in [1.807, 2.05) is 19.9 Å². The molecule has 26 heavy (non-hydrogen) atoms. The fourth-order valence-corrected chi connectivity index (χ4v) is 2.99. The second-order valence-corrected chi connectivity index (χ2v) is 6.97. The average molecular weight is 373 g/mol. The molecule has 1 saturated carbocycles. The molecule has 0 aliphatic heterocycles. The minimum Gasteiger partial charge on any atom is -0.484 e. The van der Waals surface area contributed by atoms with Gasteiger partial charge in [-0.25, -0.2) is 0 Å². The smallest absolute Gasteiger partial charge is 0.262 e. The van der Waals surface area contributed by atoms with Crippen LogP contribution in [0.4, 0.5) is 11.4 Å². The number of ether oxygens (including phenoxy) is 1. The number of carbonyl (C=O) groups excluding carboxylic acids is 2. The van der Waals surface area contributed by atoms with E-state index in [2.05, 4.69) is 10.6 Å². The normalized spacial score (nSPS) is 13.2. The van der Waals surface area contributed by atoms with Crippen molar-refractivity contribution in [1.82, 2.24) is 0 Å². The van der Waals surface area contributed by atoms with Gasteiger partial charge in [0.25, 0.3) is 5.91 Å². The third-order valence-electron chi connectivity index (χ3n) is 4.14. The lowest BCUT2D eigenvalue weighted by molar-refractivity contribution is -0.118. The molecule has 2 N–H and O–H groups in total. The summed E-state index contributed by atoms with van der Waals surface area (Å²) in [5.74, 6) is 0.483. The number of hydrogen-bond acceptors (Lipinski definition) is 3. The van der Waals surface area contributed by atoms with E-state index in [1.54, 1.807) is 30.3 Å². The third kappa shape index (κ3) is 4.76. The molecule has 1 fully saturated rings. The minimum absolute atomic E-state index is 0.0587. The summed E-state index contributed by atoms with van der Waals surface area (Å²) in [4.78, 5) is 23.8. The van der Waals surface area contributed by atoms with Crippen LogP contribution in [-0.4, -0.2) is 18.4 Å². The molecular formula is C20H21ClN2O3. The summed E-state index contributed by atoms with van der Waals surface area (Å²) in [6, 6.07) is 10.7. The van der Waals surface area contributed by atoms with Gasteiger partial charge in [-0.05, 0) is 68.1 Å². The summed E-state index contributed by atoms with van der Waals surface area (Å²) in [5.41, 5.74) is 3.26. The maximum Gasteiger partial charge on any atom is 0.262 e. The molecule has 6 heteroatoms. The van der Waals surface area contributed by atoms with Gasteiger partial charge < -0.3 is 15.4 Å². The van der Waals surface area contributed by atoms with Gasteiger partial charge in [0.15, 0.2) is 6.61 Å². The first-order valence-corrected chi connectivity index (χ1v) is 8.90. The summed E-state index contributed by atoms with van der Waals surface area (Å²) in [5, 5.41) is 6.14. The molecule has 0 atom stereocenters. The van der Waals surface area contributed by atoms with Gasteiger partial charge >= 0.3 is 0 Å².